The van der Waals surface area contributed by atoms with E-state index in [0.717, 1.165) is 27.6 Å². The summed E-state index contributed by atoms with van der Waals surface area (Å²) in [6, 6.07) is 22.7. The summed E-state index contributed by atoms with van der Waals surface area (Å²) in [6.07, 6.45) is 0. The fraction of sp³-hybridized carbons (Fsp3) is 0.0833. The molecule has 1 amide bonds. The molecule has 1 N–H and O–H groups in total. The number of imidazole rings is 1. The van der Waals surface area contributed by atoms with Gasteiger partial charge in [-0.05, 0) is 43.3 Å². The van der Waals surface area contributed by atoms with E-state index in [9.17, 15) is 9.59 Å². The Bertz CT molecular complexity index is 1480. The van der Waals surface area contributed by atoms with Gasteiger partial charge in [0.05, 0.1) is 22.3 Å². The van der Waals surface area contributed by atoms with E-state index < -0.39 is 0 Å². The molecule has 152 valence electrons. The number of aromatic nitrogens is 3. The third kappa shape index (κ3) is 3.64. The summed E-state index contributed by atoms with van der Waals surface area (Å²) >= 11 is 1.35. The highest BCUT2D eigenvalue weighted by Gasteiger charge is 2.15. The number of hydrogen-bond acceptors (Lipinski definition) is 5. The molecule has 6 nitrogen and oxygen atoms in total. The minimum atomic E-state index is -0.168. The maximum absolute atomic E-state index is 12.6. The van der Waals surface area contributed by atoms with Gasteiger partial charge < -0.3 is 5.32 Å². The fourth-order valence-electron chi connectivity index (χ4n) is 3.55. The highest BCUT2D eigenvalue weighted by Crippen LogP contribution is 2.29. The predicted molar refractivity (Wildman–Crippen MR) is 124 cm³/mol. The molecule has 5 rings (SSSR count). The second kappa shape index (κ2) is 7.85. The van der Waals surface area contributed by atoms with Crippen LogP contribution in [-0.4, -0.2) is 31.8 Å². The number of carbonyl (C=O) groups is 2. The summed E-state index contributed by atoms with van der Waals surface area (Å²) in [7, 11) is 0. The van der Waals surface area contributed by atoms with Crippen LogP contribution in [-0.2, 0) is 4.79 Å². The molecule has 5 aromatic rings. The van der Waals surface area contributed by atoms with Crippen LogP contribution < -0.4 is 5.32 Å². The van der Waals surface area contributed by atoms with Crippen molar-refractivity contribution in [2.24, 2.45) is 0 Å². The number of hydrogen-bond donors (Lipinski definition) is 1. The number of ketones is 1. The Morgan fingerprint density at radius 1 is 0.935 bits per heavy atom. The Labute approximate surface area is 182 Å². The molecule has 3 aromatic carbocycles. The molecule has 0 aliphatic rings. The van der Waals surface area contributed by atoms with Crippen LogP contribution in [0.3, 0.4) is 0 Å². The fourth-order valence-corrected chi connectivity index (χ4v) is 4.36. The zero-order valence-corrected chi connectivity index (χ0v) is 17.5. The van der Waals surface area contributed by atoms with Gasteiger partial charge in [0.1, 0.15) is 5.65 Å². The Kier molecular flexibility index (Phi) is 4.88. The van der Waals surface area contributed by atoms with Gasteiger partial charge in [-0.25, -0.2) is 9.97 Å². The molecule has 7 heteroatoms. The zero-order valence-electron chi connectivity index (χ0n) is 16.7. The number of thioether (sulfide) groups is 1. The van der Waals surface area contributed by atoms with Crippen molar-refractivity contribution in [1.82, 2.24) is 14.4 Å². The number of benzene rings is 3. The normalized spacial score (nSPS) is 11.3. The van der Waals surface area contributed by atoms with E-state index in [1.165, 1.54) is 18.7 Å². The Hall–Kier alpha value is -3.71. The third-order valence-electron chi connectivity index (χ3n) is 5.00. The van der Waals surface area contributed by atoms with Crippen molar-refractivity contribution >= 4 is 56.7 Å². The van der Waals surface area contributed by atoms with E-state index in [1.807, 2.05) is 52.9 Å². The SMILES string of the molecule is CC(=O)c1cccc(NC(=O)CSc2nc3ccccc3c3nc4ccccc4n23)c1. The number of nitrogens with one attached hydrogen (secondary N) is 1. The molecule has 0 aliphatic heterocycles. The van der Waals surface area contributed by atoms with Crippen molar-refractivity contribution in [3.63, 3.8) is 0 Å². The molecule has 2 aromatic heterocycles. The van der Waals surface area contributed by atoms with Crippen LogP contribution in [0.2, 0.25) is 0 Å². The smallest absolute Gasteiger partial charge is 0.234 e. The largest absolute Gasteiger partial charge is 0.325 e. The number of nitrogens with zero attached hydrogens (tertiary/aromatic N) is 3. The lowest BCUT2D eigenvalue weighted by atomic mass is 10.1. The lowest BCUT2D eigenvalue weighted by Gasteiger charge is -2.09. The Morgan fingerprint density at radius 2 is 1.71 bits per heavy atom. The number of amides is 1. The van der Waals surface area contributed by atoms with E-state index in [-0.39, 0.29) is 17.4 Å². The van der Waals surface area contributed by atoms with Crippen LogP contribution in [0.4, 0.5) is 5.69 Å². The molecule has 0 fully saturated rings. The molecule has 31 heavy (non-hydrogen) atoms. The molecule has 0 saturated carbocycles. The topological polar surface area (TPSA) is 76.4 Å². The summed E-state index contributed by atoms with van der Waals surface area (Å²) in [5.74, 6) is -0.0319. The van der Waals surface area contributed by atoms with Crippen LogP contribution in [0, 0.1) is 0 Å². The van der Waals surface area contributed by atoms with Crippen molar-refractivity contribution in [2.75, 3.05) is 11.1 Å². The molecule has 0 saturated heterocycles. The highest BCUT2D eigenvalue weighted by molar-refractivity contribution is 7.99. The summed E-state index contributed by atoms with van der Waals surface area (Å²) in [5, 5.41) is 4.53. The van der Waals surface area contributed by atoms with Gasteiger partial charge in [-0.3, -0.25) is 14.0 Å². The van der Waals surface area contributed by atoms with E-state index in [0.29, 0.717) is 16.4 Å². The average molecular weight is 427 g/mol. The lowest BCUT2D eigenvalue weighted by Crippen LogP contribution is -2.15. The third-order valence-corrected chi connectivity index (χ3v) is 5.94. The number of rotatable bonds is 5. The molecule has 0 unspecified atom stereocenters. The van der Waals surface area contributed by atoms with Gasteiger partial charge in [0.15, 0.2) is 10.9 Å². The zero-order chi connectivity index (χ0) is 21.4. The number of fused-ring (bicyclic) bond motifs is 5. The van der Waals surface area contributed by atoms with E-state index in [1.54, 1.807) is 24.3 Å². The van der Waals surface area contributed by atoms with Gasteiger partial charge in [-0.15, -0.1) is 0 Å². The van der Waals surface area contributed by atoms with Gasteiger partial charge in [-0.1, -0.05) is 48.2 Å². The van der Waals surface area contributed by atoms with Crippen molar-refractivity contribution in [2.45, 2.75) is 12.1 Å². The summed E-state index contributed by atoms with van der Waals surface area (Å²) < 4.78 is 2.01. The maximum Gasteiger partial charge on any atom is 0.234 e. The molecule has 0 aliphatic carbocycles. The van der Waals surface area contributed by atoms with Crippen LogP contribution in [0.5, 0.6) is 0 Å². The van der Waals surface area contributed by atoms with Crippen molar-refractivity contribution in [3.8, 4) is 0 Å². The number of para-hydroxylation sites is 3. The number of carbonyl (C=O) groups excluding carboxylic acids is 2. The van der Waals surface area contributed by atoms with Gasteiger partial charge in [0, 0.05) is 16.6 Å². The molecule has 0 bridgehead atoms. The second-order valence-electron chi connectivity index (χ2n) is 7.14. The second-order valence-corrected chi connectivity index (χ2v) is 8.09. The van der Waals surface area contributed by atoms with Gasteiger partial charge in [-0.2, -0.15) is 0 Å². The first kappa shape index (κ1) is 19.3. The first-order chi connectivity index (χ1) is 15.1. The van der Waals surface area contributed by atoms with Crippen molar-refractivity contribution in [3.05, 3.63) is 78.4 Å². The van der Waals surface area contributed by atoms with Crippen LogP contribution in [0.15, 0.2) is 78.0 Å². The van der Waals surface area contributed by atoms with Crippen LogP contribution in [0.1, 0.15) is 17.3 Å². The summed E-state index contributed by atoms with van der Waals surface area (Å²) in [4.78, 5) is 33.8. The molecule has 0 radical (unpaired) electrons. The molecular formula is C24H18N4O2S. The molecule has 0 spiro atoms. The van der Waals surface area contributed by atoms with Gasteiger partial charge >= 0.3 is 0 Å². The van der Waals surface area contributed by atoms with Crippen LogP contribution >= 0.6 is 11.8 Å². The Morgan fingerprint density at radius 3 is 2.55 bits per heavy atom. The first-order valence-corrected chi connectivity index (χ1v) is 10.8. The Balaban J connectivity index is 1.48. The van der Waals surface area contributed by atoms with Crippen LogP contribution in [0.25, 0.3) is 27.6 Å². The molecule has 2 heterocycles. The first-order valence-electron chi connectivity index (χ1n) is 9.80. The monoisotopic (exact) mass is 426 g/mol. The van der Waals surface area contributed by atoms with Crippen molar-refractivity contribution in [1.29, 1.82) is 0 Å². The quantitative estimate of drug-likeness (QED) is 0.244. The number of Topliss-reactive ketones (excluding diaryl/α,β-unsaturated/α-hetero) is 1. The predicted octanol–water partition coefficient (Wildman–Crippen LogP) is 4.97. The summed E-state index contributed by atoms with van der Waals surface area (Å²) in [5.41, 5.74) is 4.66. The molecule has 0 atom stereocenters. The van der Waals surface area contributed by atoms with Crippen molar-refractivity contribution < 1.29 is 9.59 Å². The number of anilines is 1. The highest BCUT2D eigenvalue weighted by atomic mass is 32.2. The maximum atomic E-state index is 12.6. The average Bonchev–Trinajstić information content (AvgIpc) is 3.18. The van der Waals surface area contributed by atoms with E-state index in [4.69, 9.17) is 9.97 Å². The standard InChI is InChI=1S/C24H18N4O2S/c1-15(29)16-7-6-8-17(13-16)25-22(30)14-31-24-27-19-10-3-2-9-18(19)23-26-20-11-4-5-12-21(20)28(23)24/h2-13H,14H2,1H3,(H,25,30). The van der Waals surface area contributed by atoms with Gasteiger partial charge in [0.25, 0.3) is 0 Å². The minimum Gasteiger partial charge on any atom is -0.325 e. The van der Waals surface area contributed by atoms with E-state index in [2.05, 4.69) is 5.32 Å². The molecular weight excluding hydrogens is 408 g/mol. The minimum absolute atomic E-state index is 0.0415. The summed E-state index contributed by atoms with van der Waals surface area (Å²) in [6.45, 7) is 1.50. The lowest BCUT2D eigenvalue weighted by molar-refractivity contribution is -0.113. The van der Waals surface area contributed by atoms with Gasteiger partial charge in [0.2, 0.25) is 5.91 Å². The van der Waals surface area contributed by atoms with E-state index >= 15 is 0 Å².